The molecule has 1 atom stereocenters. The normalized spacial score (nSPS) is 16.0. The van der Waals surface area contributed by atoms with Gasteiger partial charge in [0.2, 0.25) is 0 Å². The van der Waals surface area contributed by atoms with Crippen LogP contribution in [-0.4, -0.2) is 29.0 Å². The number of thiophene rings is 1. The van der Waals surface area contributed by atoms with Crippen molar-refractivity contribution in [2.45, 2.75) is 25.9 Å². The van der Waals surface area contributed by atoms with Crippen molar-refractivity contribution < 1.29 is 0 Å². The first-order valence-electron chi connectivity index (χ1n) is 7.16. The molecule has 2 aromatic heterocycles. The summed E-state index contributed by atoms with van der Waals surface area (Å²) in [6.07, 6.45) is 2.86. The molecule has 0 radical (unpaired) electrons. The second-order valence-corrected chi connectivity index (χ2v) is 6.33. The van der Waals surface area contributed by atoms with Crippen LogP contribution in [0.2, 0.25) is 0 Å². The van der Waals surface area contributed by atoms with Crippen LogP contribution in [0, 0.1) is 11.3 Å². The van der Waals surface area contributed by atoms with Gasteiger partial charge in [0, 0.05) is 36.8 Å². The van der Waals surface area contributed by atoms with Crippen molar-refractivity contribution in [2.75, 3.05) is 18.4 Å². The quantitative estimate of drug-likeness (QED) is 0.943. The Labute approximate surface area is 129 Å². The van der Waals surface area contributed by atoms with E-state index in [4.69, 9.17) is 5.26 Å². The Morgan fingerprint density at radius 1 is 1.52 bits per heavy atom. The summed E-state index contributed by atoms with van der Waals surface area (Å²) < 4.78 is 0. The first-order valence-corrected chi connectivity index (χ1v) is 8.04. The molecule has 3 heterocycles. The number of anilines is 1. The van der Waals surface area contributed by atoms with Crippen LogP contribution < -0.4 is 5.32 Å². The molecule has 0 unspecified atom stereocenters. The lowest BCUT2D eigenvalue weighted by atomic mass is 10.1. The van der Waals surface area contributed by atoms with Crippen LogP contribution in [0.25, 0.3) is 0 Å². The minimum atomic E-state index is 0.409. The van der Waals surface area contributed by atoms with Gasteiger partial charge in [0.15, 0.2) is 0 Å². The van der Waals surface area contributed by atoms with Crippen molar-refractivity contribution >= 4 is 17.2 Å². The van der Waals surface area contributed by atoms with E-state index in [1.165, 1.54) is 10.4 Å². The minimum absolute atomic E-state index is 0.409. The largest absolute Gasteiger partial charge is 0.367 e. The summed E-state index contributed by atoms with van der Waals surface area (Å²) in [6, 6.07) is 8.39. The zero-order chi connectivity index (χ0) is 14.7. The van der Waals surface area contributed by atoms with E-state index >= 15 is 0 Å². The summed E-state index contributed by atoms with van der Waals surface area (Å²) in [5, 5.41) is 14.6. The molecule has 0 fully saturated rings. The second-order valence-electron chi connectivity index (χ2n) is 5.33. The Morgan fingerprint density at radius 2 is 2.43 bits per heavy atom. The summed E-state index contributed by atoms with van der Waals surface area (Å²) in [6.45, 7) is 5.14. The number of nitriles is 1. The fourth-order valence-electron chi connectivity index (χ4n) is 2.66. The molecule has 4 nitrogen and oxygen atoms in total. The summed E-state index contributed by atoms with van der Waals surface area (Å²) in [5.74, 6) is 0.681. The van der Waals surface area contributed by atoms with Crippen LogP contribution in [0.1, 0.15) is 22.9 Å². The topological polar surface area (TPSA) is 52.0 Å². The number of nitrogens with one attached hydrogen (secondary N) is 1. The molecule has 0 aliphatic carbocycles. The predicted octanol–water partition coefficient (Wildman–Crippen LogP) is 2.87. The van der Waals surface area contributed by atoms with E-state index in [0.29, 0.717) is 17.4 Å². The number of nitrogens with zero attached hydrogens (tertiary/aromatic N) is 3. The zero-order valence-electron chi connectivity index (χ0n) is 12.0. The van der Waals surface area contributed by atoms with Crippen molar-refractivity contribution in [3.05, 3.63) is 45.8 Å². The van der Waals surface area contributed by atoms with E-state index in [-0.39, 0.29) is 0 Å². The number of hydrogen-bond donors (Lipinski definition) is 1. The van der Waals surface area contributed by atoms with Gasteiger partial charge in [0.05, 0.1) is 5.56 Å². The average molecular weight is 298 g/mol. The fraction of sp³-hybridized carbons (Fsp3) is 0.375. The molecule has 108 valence electrons. The SMILES string of the molecule is C[C@@H](CNc1ncccc1C#N)N1CCc2sccc2C1. The van der Waals surface area contributed by atoms with E-state index in [9.17, 15) is 0 Å². The number of aromatic nitrogens is 1. The Balaban J connectivity index is 1.60. The third-order valence-corrected chi connectivity index (χ3v) is 4.98. The third-order valence-electron chi connectivity index (χ3n) is 3.95. The standard InChI is InChI=1S/C16H18N4S/c1-12(10-19-16-13(9-17)3-2-6-18-16)20-7-4-15-14(11-20)5-8-21-15/h2-3,5-6,8,12H,4,7,10-11H2,1H3,(H,18,19)/t12-/m0/s1. The van der Waals surface area contributed by atoms with E-state index in [2.05, 4.69) is 39.6 Å². The molecular formula is C16H18N4S. The molecule has 0 saturated heterocycles. The molecule has 2 aromatic rings. The first kappa shape index (κ1) is 14.1. The third kappa shape index (κ3) is 3.07. The molecule has 0 aromatic carbocycles. The van der Waals surface area contributed by atoms with Crippen molar-refractivity contribution in [1.82, 2.24) is 9.88 Å². The minimum Gasteiger partial charge on any atom is -0.367 e. The highest BCUT2D eigenvalue weighted by Gasteiger charge is 2.21. The van der Waals surface area contributed by atoms with E-state index in [1.807, 2.05) is 11.3 Å². The Morgan fingerprint density at radius 3 is 3.29 bits per heavy atom. The molecule has 3 rings (SSSR count). The van der Waals surface area contributed by atoms with Gasteiger partial charge in [-0.1, -0.05) is 0 Å². The highest BCUT2D eigenvalue weighted by atomic mass is 32.1. The summed E-state index contributed by atoms with van der Waals surface area (Å²) in [4.78, 5) is 8.26. The van der Waals surface area contributed by atoms with Gasteiger partial charge in [-0.2, -0.15) is 5.26 Å². The van der Waals surface area contributed by atoms with Gasteiger partial charge in [-0.3, -0.25) is 4.90 Å². The number of pyridine rings is 1. The van der Waals surface area contributed by atoms with Crippen LogP contribution in [0.4, 0.5) is 5.82 Å². The van der Waals surface area contributed by atoms with Crippen LogP contribution in [0.3, 0.4) is 0 Å². The average Bonchev–Trinajstić information content (AvgIpc) is 3.00. The first-order chi connectivity index (χ1) is 10.3. The van der Waals surface area contributed by atoms with Crippen molar-refractivity contribution in [2.24, 2.45) is 0 Å². The van der Waals surface area contributed by atoms with Crippen LogP contribution in [0.15, 0.2) is 29.8 Å². The van der Waals surface area contributed by atoms with Crippen LogP contribution >= 0.6 is 11.3 Å². The van der Waals surface area contributed by atoms with E-state index < -0.39 is 0 Å². The van der Waals surface area contributed by atoms with Crippen LogP contribution in [-0.2, 0) is 13.0 Å². The second kappa shape index (κ2) is 6.25. The molecule has 5 heteroatoms. The molecule has 0 spiro atoms. The molecular weight excluding hydrogens is 280 g/mol. The summed E-state index contributed by atoms with van der Waals surface area (Å²) >= 11 is 1.87. The van der Waals surface area contributed by atoms with Gasteiger partial charge in [-0.25, -0.2) is 4.98 Å². The molecule has 21 heavy (non-hydrogen) atoms. The number of fused-ring (bicyclic) bond motifs is 1. The summed E-state index contributed by atoms with van der Waals surface area (Å²) in [7, 11) is 0. The van der Waals surface area contributed by atoms with Gasteiger partial charge in [0.1, 0.15) is 11.9 Å². The van der Waals surface area contributed by atoms with Crippen molar-refractivity contribution in [1.29, 1.82) is 5.26 Å². The summed E-state index contributed by atoms with van der Waals surface area (Å²) in [5.41, 5.74) is 2.07. The van der Waals surface area contributed by atoms with Gasteiger partial charge < -0.3 is 5.32 Å². The maximum atomic E-state index is 9.08. The van der Waals surface area contributed by atoms with Gasteiger partial charge in [-0.05, 0) is 42.5 Å². The van der Waals surface area contributed by atoms with E-state index in [0.717, 1.165) is 26.1 Å². The lowest BCUT2D eigenvalue weighted by molar-refractivity contribution is 0.200. The Bertz CT molecular complexity index is 658. The zero-order valence-corrected chi connectivity index (χ0v) is 12.9. The lowest BCUT2D eigenvalue weighted by Gasteiger charge is -2.32. The number of hydrogen-bond acceptors (Lipinski definition) is 5. The highest BCUT2D eigenvalue weighted by molar-refractivity contribution is 7.10. The fourth-order valence-corrected chi connectivity index (χ4v) is 3.55. The molecule has 1 aliphatic heterocycles. The maximum Gasteiger partial charge on any atom is 0.143 e. The maximum absolute atomic E-state index is 9.08. The Hall–Kier alpha value is -1.90. The van der Waals surface area contributed by atoms with Gasteiger partial charge in [0.25, 0.3) is 0 Å². The van der Waals surface area contributed by atoms with Crippen molar-refractivity contribution in [3.63, 3.8) is 0 Å². The van der Waals surface area contributed by atoms with E-state index in [1.54, 1.807) is 18.3 Å². The number of rotatable bonds is 4. The lowest BCUT2D eigenvalue weighted by Crippen LogP contribution is -2.40. The van der Waals surface area contributed by atoms with Gasteiger partial charge >= 0.3 is 0 Å². The van der Waals surface area contributed by atoms with Gasteiger partial charge in [-0.15, -0.1) is 11.3 Å². The molecule has 0 bridgehead atoms. The molecule has 0 saturated carbocycles. The highest BCUT2D eigenvalue weighted by Crippen LogP contribution is 2.25. The molecule has 1 N–H and O–H groups in total. The molecule has 0 amide bonds. The van der Waals surface area contributed by atoms with Crippen molar-refractivity contribution in [3.8, 4) is 6.07 Å². The molecule has 1 aliphatic rings. The Kier molecular flexibility index (Phi) is 4.18. The monoisotopic (exact) mass is 298 g/mol. The smallest absolute Gasteiger partial charge is 0.143 e. The van der Waals surface area contributed by atoms with Crippen LogP contribution in [0.5, 0.6) is 0 Å². The predicted molar refractivity (Wildman–Crippen MR) is 85.3 cm³/mol.